The standard InChI is InChI=1S/C16H18Cl2F3N5O/c17-10-5-4-9(8-11(10)27-16(20,21)12(18)19)26-14(23)24-13(22)25-15(26)6-2-1-3-7-15/h4-5,8,12H,1-3,6-7H2,(H4,22,23,24,25). The Bertz CT molecular complexity index is 781. The van der Waals surface area contributed by atoms with Crippen molar-refractivity contribution in [3.63, 3.8) is 0 Å². The number of nitrogens with zero attached hydrogens (tertiary/aromatic N) is 3. The summed E-state index contributed by atoms with van der Waals surface area (Å²) in [5, 5.41) is -0.135. The number of halogens is 5. The minimum atomic E-state index is -4.25. The van der Waals surface area contributed by atoms with Crippen LogP contribution in [0.25, 0.3) is 0 Å². The molecule has 6 nitrogen and oxygen atoms in total. The van der Waals surface area contributed by atoms with Crippen molar-refractivity contribution in [1.82, 2.24) is 0 Å². The third kappa shape index (κ3) is 3.89. The molecule has 2 aliphatic rings. The molecule has 1 atom stereocenters. The van der Waals surface area contributed by atoms with E-state index in [2.05, 4.69) is 14.7 Å². The molecule has 1 aromatic rings. The van der Waals surface area contributed by atoms with Gasteiger partial charge in [0.05, 0.1) is 10.7 Å². The molecular formula is C16H18Cl2F3N5O. The molecule has 4 N–H and O–H groups in total. The first-order valence-electron chi connectivity index (χ1n) is 8.29. The largest absolute Gasteiger partial charge is 0.444 e. The van der Waals surface area contributed by atoms with E-state index in [9.17, 15) is 13.2 Å². The van der Waals surface area contributed by atoms with Crippen LogP contribution >= 0.6 is 23.2 Å². The smallest absolute Gasteiger partial charge is 0.428 e. The Morgan fingerprint density at radius 1 is 1.22 bits per heavy atom. The first kappa shape index (κ1) is 19.9. The van der Waals surface area contributed by atoms with Crippen molar-refractivity contribution in [2.45, 2.75) is 49.5 Å². The highest BCUT2D eigenvalue weighted by Gasteiger charge is 2.44. The van der Waals surface area contributed by atoms with E-state index >= 15 is 0 Å². The highest BCUT2D eigenvalue weighted by atomic mass is 35.5. The SMILES string of the molecule is NC1=NC2(CCCCC2)N(c2ccc(Cl)c(OC(F)(F)C(F)Cl)c2)C(N)=N1. The van der Waals surface area contributed by atoms with Gasteiger partial charge in [0.1, 0.15) is 11.4 Å². The lowest BCUT2D eigenvalue weighted by atomic mass is 9.87. The minimum absolute atomic E-state index is 0.0602. The predicted octanol–water partition coefficient (Wildman–Crippen LogP) is 3.96. The number of anilines is 1. The van der Waals surface area contributed by atoms with Gasteiger partial charge in [0.15, 0.2) is 0 Å². The zero-order valence-electron chi connectivity index (χ0n) is 14.1. The average Bonchev–Trinajstić information content (AvgIpc) is 2.57. The molecule has 0 radical (unpaired) electrons. The van der Waals surface area contributed by atoms with Crippen LogP contribution in [0.4, 0.5) is 18.9 Å². The molecule has 1 spiro atoms. The summed E-state index contributed by atoms with van der Waals surface area (Å²) in [5.41, 5.74) is 8.45. The van der Waals surface area contributed by atoms with Crippen LogP contribution in [0.1, 0.15) is 32.1 Å². The van der Waals surface area contributed by atoms with Crippen LogP contribution in [-0.2, 0) is 0 Å². The van der Waals surface area contributed by atoms with Gasteiger partial charge in [0.2, 0.25) is 11.9 Å². The van der Waals surface area contributed by atoms with Gasteiger partial charge in [-0.1, -0.05) is 29.6 Å². The zero-order chi connectivity index (χ0) is 19.8. The van der Waals surface area contributed by atoms with Crippen molar-refractivity contribution in [3.8, 4) is 5.75 Å². The Hall–Kier alpha value is -1.87. The molecule has 0 bridgehead atoms. The molecule has 0 saturated heterocycles. The monoisotopic (exact) mass is 423 g/mol. The maximum Gasteiger partial charge on any atom is 0.444 e. The second-order valence-electron chi connectivity index (χ2n) is 6.40. The summed E-state index contributed by atoms with van der Waals surface area (Å²) in [6, 6.07) is 4.14. The van der Waals surface area contributed by atoms with Crippen LogP contribution in [0, 0.1) is 0 Å². The first-order chi connectivity index (χ1) is 12.6. The van der Waals surface area contributed by atoms with Gasteiger partial charge in [-0.25, -0.2) is 9.38 Å². The molecule has 3 rings (SSSR count). The summed E-state index contributed by atoms with van der Waals surface area (Å²) in [6.07, 6.45) is -0.107. The average molecular weight is 424 g/mol. The van der Waals surface area contributed by atoms with E-state index in [0.717, 1.165) is 19.3 Å². The van der Waals surface area contributed by atoms with Crippen molar-refractivity contribution in [3.05, 3.63) is 23.2 Å². The maximum absolute atomic E-state index is 13.6. The molecule has 1 aromatic carbocycles. The minimum Gasteiger partial charge on any atom is -0.428 e. The van der Waals surface area contributed by atoms with E-state index in [0.29, 0.717) is 18.5 Å². The van der Waals surface area contributed by atoms with E-state index in [1.165, 1.54) is 12.1 Å². The van der Waals surface area contributed by atoms with Gasteiger partial charge in [-0.05, 0) is 37.8 Å². The lowest BCUT2D eigenvalue weighted by molar-refractivity contribution is -0.198. The van der Waals surface area contributed by atoms with E-state index < -0.39 is 23.2 Å². The van der Waals surface area contributed by atoms with Crippen molar-refractivity contribution >= 4 is 40.8 Å². The van der Waals surface area contributed by atoms with Gasteiger partial charge in [-0.3, -0.25) is 4.90 Å². The normalized spacial score (nSPS) is 20.9. The zero-order valence-corrected chi connectivity index (χ0v) is 15.7. The Balaban J connectivity index is 2.02. The van der Waals surface area contributed by atoms with Gasteiger partial charge in [0.25, 0.3) is 5.63 Å². The van der Waals surface area contributed by atoms with Crippen molar-refractivity contribution in [2.75, 3.05) is 4.90 Å². The van der Waals surface area contributed by atoms with Gasteiger partial charge in [-0.2, -0.15) is 13.8 Å². The third-order valence-corrected chi connectivity index (χ3v) is 5.09. The van der Waals surface area contributed by atoms with Gasteiger partial charge in [0, 0.05) is 6.07 Å². The predicted molar refractivity (Wildman–Crippen MR) is 99.3 cm³/mol. The Labute approximate surface area is 164 Å². The van der Waals surface area contributed by atoms with Crippen molar-refractivity contribution < 1.29 is 17.9 Å². The van der Waals surface area contributed by atoms with Gasteiger partial charge in [-0.15, -0.1) is 0 Å². The lowest BCUT2D eigenvalue weighted by Crippen LogP contribution is -2.58. The van der Waals surface area contributed by atoms with Gasteiger partial charge < -0.3 is 16.2 Å². The summed E-state index contributed by atoms with van der Waals surface area (Å²) in [6.45, 7) is 0. The fourth-order valence-electron chi connectivity index (χ4n) is 3.40. The summed E-state index contributed by atoms with van der Waals surface area (Å²) in [4.78, 5) is 10.1. The van der Waals surface area contributed by atoms with E-state index in [1.807, 2.05) is 0 Å². The molecule has 1 unspecified atom stereocenters. The van der Waals surface area contributed by atoms with Crippen LogP contribution in [0.2, 0.25) is 5.02 Å². The molecule has 148 valence electrons. The summed E-state index contributed by atoms with van der Waals surface area (Å²) < 4.78 is 44.5. The fourth-order valence-corrected chi connectivity index (χ4v) is 3.60. The number of ether oxygens (including phenoxy) is 1. The molecule has 1 fully saturated rings. The molecule has 27 heavy (non-hydrogen) atoms. The highest BCUT2D eigenvalue weighted by molar-refractivity contribution is 6.32. The van der Waals surface area contributed by atoms with Crippen LogP contribution < -0.4 is 21.1 Å². The number of guanidine groups is 2. The van der Waals surface area contributed by atoms with Crippen LogP contribution in [-0.4, -0.2) is 29.3 Å². The topological polar surface area (TPSA) is 89.2 Å². The number of rotatable bonds is 4. The summed E-state index contributed by atoms with van der Waals surface area (Å²) >= 11 is 10.8. The number of alkyl halides is 4. The maximum atomic E-state index is 13.6. The van der Waals surface area contributed by atoms with Crippen LogP contribution in [0.3, 0.4) is 0 Å². The molecule has 11 heteroatoms. The number of aliphatic imine (C=N–C) groups is 2. The number of benzene rings is 1. The van der Waals surface area contributed by atoms with E-state index in [4.69, 9.17) is 34.7 Å². The second-order valence-corrected chi connectivity index (χ2v) is 7.19. The molecule has 1 heterocycles. The highest BCUT2D eigenvalue weighted by Crippen LogP contribution is 2.42. The third-order valence-electron chi connectivity index (χ3n) is 4.52. The second kappa shape index (κ2) is 7.27. The lowest BCUT2D eigenvalue weighted by Gasteiger charge is -2.45. The fraction of sp³-hybridized carbons (Fsp3) is 0.500. The Kier molecular flexibility index (Phi) is 5.36. The van der Waals surface area contributed by atoms with Gasteiger partial charge >= 0.3 is 6.11 Å². The quantitative estimate of drug-likeness (QED) is 0.717. The van der Waals surface area contributed by atoms with E-state index in [1.54, 1.807) is 11.0 Å². The molecule has 0 amide bonds. The van der Waals surface area contributed by atoms with Crippen molar-refractivity contribution in [2.24, 2.45) is 21.5 Å². The molecule has 0 aromatic heterocycles. The van der Waals surface area contributed by atoms with Crippen molar-refractivity contribution in [1.29, 1.82) is 0 Å². The first-order valence-corrected chi connectivity index (χ1v) is 9.10. The number of hydrogen-bond donors (Lipinski definition) is 2. The molecular weight excluding hydrogens is 406 g/mol. The summed E-state index contributed by atoms with van der Waals surface area (Å²) in [7, 11) is 0. The molecule has 1 aliphatic heterocycles. The Morgan fingerprint density at radius 3 is 2.52 bits per heavy atom. The Morgan fingerprint density at radius 2 is 1.89 bits per heavy atom. The van der Waals surface area contributed by atoms with E-state index in [-0.39, 0.29) is 16.9 Å². The summed E-state index contributed by atoms with van der Waals surface area (Å²) in [5.74, 6) is -0.307. The molecule has 1 aliphatic carbocycles. The van der Waals surface area contributed by atoms with Crippen LogP contribution in [0.5, 0.6) is 5.75 Å². The van der Waals surface area contributed by atoms with Crippen LogP contribution in [0.15, 0.2) is 28.2 Å². The molecule has 1 saturated carbocycles. The number of hydrogen-bond acceptors (Lipinski definition) is 6. The number of nitrogens with two attached hydrogens (primary N) is 2.